The van der Waals surface area contributed by atoms with Crippen molar-refractivity contribution in [2.24, 2.45) is 0 Å². The van der Waals surface area contributed by atoms with Crippen molar-refractivity contribution in [3.05, 3.63) is 0 Å². The summed E-state index contributed by atoms with van der Waals surface area (Å²) in [5.74, 6) is 0.635. The van der Waals surface area contributed by atoms with E-state index in [0.29, 0.717) is 18.1 Å². The van der Waals surface area contributed by atoms with Gasteiger partial charge < -0.3 is 4.74 Å². The lowest BCUT2D eigenvalue weighted by Crippen LogP contribution is -1.94. The Morgan fingerprint density at radius 1 is 1.57 bits per heavy atom. The number of halogens is 2. The average Bonchev–Trinajstić information content (AvgIpc) is 2.43. The Bertz CT molecular complexity index is 60.7. The molecule has 2 atom stereocenters. The van der Waals surface area contributed by atoms with E-state index in [4.69, 9.17) is 16.3 Å². The minimum Gasteiger partial charge on any atom is -0.367 e. The molecule has 1 nitrogen and oxygen atoms in total. The molecular weight excluding hydrogens is 179 g/mol. The van der Waals surface area contributed by atoms with Crippen LogP contribution >= 0.6 is 27.5 Å². The third kappa shape index (κ3) is 1.31. The van der Waals surface area contributed by atoms with E-state index in [-0.39, 0.29) is 0 Å². The molecule has 0 aliphatic carbocycles. The lowest BCUT2D eigenvalue weighted by molar-refractivity contribution is 0.392. The largest absolute Gasteiger partial charge is 0.367 e. The molecule has 2 unspecified atom stereocenters. The first kappa shape index (κ1) is 5.86. The lowest BCUT2D eigenvalue weighted by Gasteiger charge is -1.75. The van der Waals surface area contributed by atoms with Gasteiger partial charge in [-0.3, -0.25) is 0 Å². The Balaban J connectivity index is 2.06. The summed E-state index contributed by atoms with van der Waals surface area (Å²) in [6, 6.07) is 0. The van der Waals surface area contributed by atoms with Crippen LogP contribution in [0.5, 0.6) is 0 Å². The SMILES string of the molecule is ClCC1OC1CBr. The van der Waals surface area contributed by atoms with Gasteiger partial charge in [-0.05, 0) is 0 Å². The van der Waals surface area contributed by atoms with Crippen LogP contribution in [-0.2, 0) is 4.74 Å². The van der Waals surface area contributed by atoms with Gasteiger partial charge in [0.15, 0.2) is 0 Å². The summed E-state index contributed by atoms with van der Waals surface area (Å²) in [5, 5.41) is 0.921. The van der Waals surface area contributed by atoms with Gasteiger partial charge in [-0.25, -0.2) is 0 Å². The van der Waals surface area contributed by atoms with Crippen LogP contribution in [-0.4, -0.2) is 23.4 Å². The summed E-state index contributed by atoms with van der Waals surface area (Å²) in [6.45, 7) is 0. The maximum absolute atomic E-state index is 5.43. The molecule has 0 aromatic heterocycles. The highest BCUT2D eigenvalue weighted by Gasteiger charge is 2.36. The molecule has 3 heteroatoms. The summed E-state index contributed by atoms with van der Waals surface area (Å²) < 4.78 is 5.04. The summed E-state index contributed by atoms with van der Waals surface area (Å²) in [7, 11) is 0. The molecule has 0 saturated carbocycles. The number of hydrogen-bond acceptors (Lipinski definition) is 1. The minimum atomic E-state index is 0.334. The average molecular weight is 185 g/mol. The fraction of sp³-hybridized carbons (Fsp3) is 1.00. The Hall–Kier alpha value is 0.730. The molecule has 1 heterocycles. The molecule has 1 rings (SSSR count). The zero-order chi connectivity index (χ0) is 5.28. The van der Waals surface area contributed by atoms with E-state index in [9.17, 15) is 0 Å². The summed E-state index contributed by atoms with van der Waals surface area (Å²) in [5.41, 5.74) is 0. The van der Waals surface area contributed by atoms with Crippen LogP contribution in [0.25, 0.3) is 0 Å². The highest BCUT2D eigenvalue weighted by Crippen LogP contribution is 2.24. The van der Waals surface area contributed by atoms with Crippen LogP contribution < -0.4 is 0 Å². The van der Waals surface area contributed by atoms with Crippen molar-refractivity contribution in [3.63, 3.8) is 0 Å². The normalized spacial score (nSPS) is 38.6. The van der Waals surface area contributed by atoms with Gasteiger partial charge in [-0.1, -0.05) is 15.9 Å². The number of epoxide rings is 1. The van der Waals surface area contributed by atoms with E-state index in [1.807, 2.05) is 0 Å². The van der Waals surface area contributed by atoms with E-state index < -0.39 is 0 Å². The topological polar surface area (TPSA) is 12.5 Å². The standard InChI is InChI=1S/C4H6BrClO/c5-1-3-4(2-6)7-3/h3-4H,1-2H2. The second-order valence-electron chi connectivity index (χ2n) is 1.52. The smallest absolute Gasteiger partial charge is 0.0985 e. The van der Waals surface area contributed by atoms with Gasteiger partial charge in [0.2, 0.25) is 0 Å². The number of alkyl halides is 2. The predicted octanol–water partition coefficient (Wildman–Crippen LogP) is 1.39. The van der Waals surface area contributed by atoms with E-state index in [2.05, 4.69) is 15.9 Å². The van der Waals surface area contributed by atoms with Crippen molar-refractivity contribution in [1.29, 1.82) is 0 Å². The monoisotopic (exact) mass is 184 g/mol. The maximum Gasteiger partial charge on any atom is 0.0985 e. The van der Waals surface area contributed by atoms with Gasteiger partial charge in [0.05, 0.1) is 18.1 Å². The van der Waals surface area contributed by atoms with Gasteiger partial charge in [0, 0.05) is 5.33 Å². The predicted molar refractivity (Wildman–Crippen MR) is 33.2 cm³/mol. The Morgan fingerprint density at radius 2 is 2.29 bits per heavy atom. The molecule has 0 amide bonds. The van der Waals surface area contributed by atoms with Crippen LogP contribution in [0.2, 0.25) is 0 Å². The molecule has 42 valence electrons. The van der Waals surface area contributed by atoms with Gasteiger partial charge in [-0.2, -0.15) is 0 Å². The van der Waals surface area contributed by atoms with Crippen LogP contribution in [0.4, 0.5) is 0 Å². The second kappa shape index (κ2) is 2.33. The molecule has 0 aromatic rings. The third-order valence-corrected chi connectivity index (χ3v) is 1.93. The molecular formula is C4H6BrClO. The van der Waals surface area contributed by atoms with Crippen molar-refractivity contribution in [3.8, 4) is 0 Å². The van der Waals surface area contributed by atoms with Crippen LogP contribution in [0.1, 0.15) is 0 Å². The lowest BCUT2D eigenvalue weighted by atomic mass is 10.4. The molecule has 7 heavy (non-hydrogen) atoms. The Morgan fingerprint density at radius 3 is 2.43 bits per heavy atom. The quantitative estimate of drug-likeness (QED) is 0.468. The molecule has 1 aliphatic rings. The van der Waals surface area contributed by atoms with Crippen molar-refractivity contribution in [2.75, 3.05) is 11.2 Å². The van der Waals surface area contributed by atoms with Gasteiger partial charge >= 0.3 is 0 Å². The maximum atomic E-state index is 5.43. The molecule has 0 bridgehead atoms. The second-order valence-corrected chi connectivity index (χ2v) is 2.48. The van der Waals surface area contributed by atoms with Gasteiger partial charge in [-0.15, -0.1) is 11.6 Å². The van der Waals surface area contributed by atoms with Crippen molar-refractivity contribution < 1.29 is 4.74 Å². The first-order valence-electron chi connectivity index (χ1n) is 2.16. The molecule has 0 spiro atoms. The first-order valence-corrected chi connectivity index (χ1v) is 3.81. The van der Waals surface area contributed by atoms with E-state index in [1.165, 1.54) is 0 Å². The van der Waals surface area contributed by atoms with E-state index >= 15 is 0 Å². The Kier molecular flexibility index (Phi) is 1.95. The number of hydrogen-bond donors (Lipinski definition) is 0. The molecule has 0 N–H and O–H groups in total. The fourth-order valence-electron chi connectivity index (χ4n) is 0.451. The minimum absolute atomic E-state index is 0.334. The van der Waals surface area contributed by atoms with Crippen molar-refractivity contribution in [1.82, 2.24) is 0 Å². The van der Waals surface area contributed by atoms with Crippen LogP contribution in [0.15, 0.2) is 0 Å². The molecule has 1 aliphatic heterocycles. The number of ether oxygens (including phenoxy) is 1. The Labute approximate surface area is 56.1 Å². The van der Waals surface area contributed by atoms with E-state index in [0.717, 1.165) is 5.33 Å². The summed E-state index contributed by atoms with van der Waals surface area (Å²) in [4.78, 5) is 0. The fourth-order valence-corrected chi connectivity index (χ4v) is 1.29. The first-order chi connectivity index (χ1) is 3.38. The number of rotatable bonds is 2. The molecule has 1 fully saturated rings. The van der Waals surface area contributed by atoms with Gasteiger partial charge in [0.1, 0.15) is 0 Å². The van der Waals surface area contributed by atoms with E-state index in [1.54, 1.807) is 0 Å². The zero-order valence-corrected chi connectivity index (χ0v) is 6.08. The highest BCUT2D eigenvalue weighted by atomic mass is 79.9. The molecule has 0 radical (unpaired) electrons. The molecule has 1 saturated heterocycles. The highest BCUT2D eigenvalue weighted by molar-refractivity contribution is 9.09. The third-order valence-electron chi connectivity index (χ3n) is 0.992. The van der Waals surface area contributed by atoms with Gasteiger partial charge in [0.25, 0.3) is 0 Å². The van der Waals surface area contributed by atoms with Crippen LogP contribution in [0.3, 0.4) is 0 Å². The summed E-state index contributed by atoms with van der Waals surface area (Å²) >= 11 is 8.70. The van der Waals surface area contributed by atoms with Crippen molar-refractivity contribution in [2.45, 2.75) is 12.2 Å². The van der Waals surface area contributed by atoms with Crippen molar-refractivity contribution >= 4 is 27.5 Å². The summed E-state index contributed by atoms with van der Waals surface area (Å²) in [6.07, 6.45) is 0.735. The molecule has 0 aromatic carbocycles. The van der Waals surface area contributed by atoms with Crippen LogP contribution in [0, 0.1) is 0 Å². The zero-order valence-electron chi connectivity index (χ0n) is 3.73.